The van der Waals surface area contributed by atoms with Gasteiger partial charge in [0.1, 0.15) is 5.69 Å². The van der Waals surface area contributed by atoms with Crippen LogP contribution < -0.4 is 0 Å². The smallest absolute Gasteiger partial charge is 0.278 e. The van der Waals surface area contributed by atoms with E-state index >= 15 is 0 Å². The lowest BCUT2D eigenvalue weighted by molar-refractivity contribution is 0.0289. The molecule has 25 heavy (non-hydrogen) atoms. The Hall–Kier alpha value is -2.21. The molecule has 3 heterocycles. The van der Waals surface area contributed by atoms with E-state index in [1.54, 1.807) is 6.92 Å². The van der Waals surface area contributed by atoms with E-state index in [4.69, 9.17) is 4.63 Å². The van der Waals surface area contributed by atoms with Gasteiger partial charge in [-0.2, -0.15) is 0 Å². The molecule has 4 rings (SSSR count). The predicted molar refractivity (Wildman–Crippen MR) is 93.1 cm³/mol. The number of piperidine rings is 1. The maximum absolute atomic E-state index is 12.7. The SMILES string of the molecule is Cc1nonc1C(=O)N1CCC(c2ccccc2)(N2CCCC2)CC1. The average molecular weight is 340 g/mol. The molecule has 2 fully saturated rings. The molecule has 0 radical (unpaired) electrons. The molecule has 6 heteroatoms. The Balaban J connectivity index is 1.56. The third-order valence-corrected chi connectivity index (χ3v) is 5.76. The van der Waals surface area contributed by atoms with Gasteiger partial charge in [-0.05, 0) is 56.4 Å². The zero-order chi connectivity index (χ0) is 17.3. The molecule has 2 aliphatic heterocycles. The summed E-state index contributed by atoms with van der Waals surface area (Å²) in [6.45, 7) is 5.52. The topological polar surface area (TPSA) is 62.5 Å². The van der Waals surface area contributed by atoms with E-state index in [2.05, 4.69) is 45.5 Å². The number of amides is 1. The fourth-order valence-electron chi connectivity index (χ4n) is 4.34. The first-order valence-electron chi connectivity index (χ1n) is 9.10. The van der Waals surface area contributed by atoms with Crippen LogP contribution in [-0.4, -0.2) is 52.2 Å². The summed E-state index contributed by atoms with van der Waals surface area (Å²) in [7, 11) is 0. The quantitative estimate of drug-likeness (QED) is 0.859. The van der Waals surface area contributed by atoms with Crippen LogP contribution in [0.3, 0.4) is 0 Å². The number of hydrogen-bond donors (Lipinski definition) is 0. The third-order valence-electron chi connectivity index (χ3n) is 5.76. The van der Waals surface area contributed by atoms with Crippen molar-refractivity contribution in [1.29, 1.82) is 0 Å². The Bertz CT molecular complexity index is 729. The second-order valence-corrected chi connectivity index (χ2v) is 7.08. The monoisotopic (exact) mass is 340 g/mol. The van der Waals surface area contributed by atoms with E-state index in [9.17, 15) is 4.79 Å². The Morgan fingerprint density at radius 3 is 2.32 bits per heavy atom. The number of carbonyl (C=O) groups is 1. The van der Waals surface area contributed by atoms with Gasteiger partial charge in [-0.25, -0.2) is 4.63 Å². The second-order valence-electron chi connectivity index (χ2n) is 7.08. The predicted octanol–water partition coefficient (Wildman–Crippen LogP) is 2.61. The van der Waals surface area contributed by atoms with Crippen LogP contribution in [0.5, 0.6) is 0 Å². The molecule has 132 valence electrons. The Morgan fingerprint density at radius 2 is 1.72 bits per heavy atom. The summed E-state index contributed by atoms with van der Waals surface area (Å²) in [5.41, 5.74) is 2.33. The van der Waals surface area contributed by atoms with E-state index in [1.807, 2.05) is 4.90 Å². The minimum Gasteiger partial charge on any atom is -0.337 e. The molecule has 0 N–H and O–H groups in total. The number of aryl methyl sites for hydroxylation is 1. The van der Waals surface area contributed by atoms with Crippen LogP contribution in [0.15, 0.2) is 35.0 Å². The number of nitrogens with zero attached hydrogens (tertiary/aromatic N) is 4. The van der Waals surface area contributed by atoms with Gasteiger partial charge in [0.05, 0.1) is 0 Å². The number of aromatic nitrogens is 2. The molecule has 1 aromatic carbocycles. The molecular formula is C19H24N4O2. The van der Waals surface area contributed by atoms with Gasteiger partial charge >= 0.3 is 0 Å². The van der Waals surface area contributed by atoms with Crippen LogP contribution in [0.25, 0.3) is 0 Å². The van der Waals surface area contributed by atoms with E-state index in [-0.39, 0.29) is 11.4 Å². The molecule has 0 bridgehead atoms. The first kappa shape index (κ1) is 16.3. The highest BCUT2D eigenvalue weighted by atomic mass is 16.6. The summed E-state index contributed by atoms with van der Waals surface area (Å²) in [5, 5.41) is 7.51. The van der Waals surface area contributed by atoms with Crippen LogP contribution in [-0.2, 0) is 5.54 Å². The van der Waals surface area contributed by atoms with Crippen molar-refractivity contribution in [2.75, 3.05) is 26.2 Å². The first-order valence-corrected chi connectivity index (χ1v) is 9.10. The zero-order valence-electron chi connectivity index (χ0n) is 14.6. The van der Waals surface area contributed by atoms with E-state index in [0.29, 0.717) is 11.4 Å². The van der Waals surface area contributed by atoms with Gasteiger partial charge in [-0.3, -0.25) is 9.69 Å². The number of benzene rings is 1. The van der Waals surface area contributed by atoms with Crippen molar-refractivity contribution in [3.05, 3.63) is 47.3 Å². The van der Waals surface area contributed by atoms with Crippen molar-refractivity contribution in [2.45, 2.75) is 38.1 Å². The molecule has 6 nitrogen and oxygen atoms in total. The molecule has 1 aromatic heterocycles. The normalized spacial score (nSPS) is 20.8. The van der Waals surface area contributed by atoms with Crippen molar-refractivity contribution in [3.8, 4) is 0 Å². The Kier molecular flexibility index (Phi) is 4.29. The highest BCUT2D eigenvalue weighted by Crippen LogP contribution is 2.41. The van der Waals surface area contributed by atoms with E-state index in [1.165, 1.54) is 18.4 Å². The van der Waals surface area contributed by atoms with Crippen molar-refractivity contribution in [1.82, 2.24) is 20.1 Å². The standard InChI is InChI=1S/C19H24N4O2/c1-15-17(21-25-20-15)18(24)22-13-9-19(10-14-22,23-11-5-6-12-23)16-7-3-2-4-8-16/h2-4,7-8H,5-6,9-14H2,1H3. The van der Waals surface area contributed by atoms with Crippen LogP contribution in [0.4, 0.5) is 0 Å². The fourth-order valence-corrected chi connectivity index (χ4v) is 4.34. The van der Waals surface area contributed by atoms with Gasteiger partial charge < -0.3 is 4.90 Å². The molecule has 2 aromatic rings. The van der Waals surface area contributed by atoms with Gasteiger partial charge in [-0.15, -0.1) is 0 Å². The molecule has 0 spiro atoms. The lowest BCUT2D eigenvalue weighted by Gasteiger charge is -2.48. The summed E-state index contributed by atoms with van der Waals surface area (Å²) in [5.74, 6) is -0.0677. The minimum atomic E-state index is -0.0677. The van der Waals surface area contributed by atoms with Crippen LogP contribution >= 0.6 is 0 Å². The third kappa shape index (κ3) is 2.84. The van der Waals surface area contributed by atoms with Crippen LogP contribution in [0.1, 0.15) is 47.4 Å². The zero-order valence-corrected chi connectivity index (χ0v) is 14.6. The molecular weight excluding hydrogens is 316 g/mol. The molecule has 0 unspecified atom stereocenters. The number of rotatable bonds is 3. The van der Waals surface area contributed by atoms with E-state index in [0.717, 1.165) is 39.0 Å². The largest absolute Gasteiger partial charge is 0.337 e. The fraction of sp³-hybridized carbons (Fsp3) is 0.526. The number of likely N-dealkylation sites (tertiary alicyclic amines) is 2. The maximum atomic E-state index is 12.7. The average Bonchev–Trinajstić information content (AvgIpc) is 3.34. The maximum Gasteiger partial charge on any atom is 0.278 e. The molecule has 0 saturated carbocycles. The van der Waals surface area contributed by atoms with Gasteiger partial charge in [0.15, 0.2) is 5.69 Å². The van der Waals surface area contributed by atoms with Crippen molar-refractivity contribution in [2.24, 2.45) is 0 Å². The molecule has 0 atom stereocenters. The summed E-state index contributed by atoms with van der Waals surface area (Å²) >= 11 is 0. The van der Waals surface area contributed by atoms with E-state index < -0.39 is 0 Å². The van der Waals surface area contributed by atoms with Gasteiger partial charge in [-0.1, -0.05) is 35.5 Å². The summed E-state index contributed by atoms with van der Waals surface area (Å²) in [6, 6.07) is 10.8. The Labute approximate surface area is 147 Å². The first-order chi connectivity index (χ1) is 12.2. The van der Waals surface area contributed by atoms with Crippen LogP contribution in [0.2, 0.25) is 0 Å². The summed E-state index contributed by atoms with van der Waals surface area (Å²) < 4.78 is 4.69. The Morgan fingerprint density at radius 1 is 1.04 bits per heavy atom. The number of hydrogen-bond acceptors (Lipinski definition) is 5. The van der Waals surface area contributed by atoms with Crippen molar-refractivity contribution >= 4 is 5.91 Å². The lowest BCUT2D eigenvalue weighted by Crippen LogP contribution is -2.53. The lowest BCUT2D eigenvalue weighted by atomic mass is 9.79. The molecule has 1 amide bonds. The van der Waals surface area contributed by atoms with Gasteiger partial charge in [0.2, 0.25) is 0 Å². The van der Waals surface area contributed by atoms with Crippen LogP contribution in [0, 0.1) is 6.92 Å². The van der Waals surface area contributed by atoms with Crippen molar-refractivity contribution in [3.63, 3.8) is 0 Å². The second kappa shape index (κ2) is 6.59. The molecule has 2 aliphatic rings. The van der Waals surface area contributed by atoms with Crippen molar-refractivity contribution < 1.29 is 9.42 Å². The highest BCUT2D eigenvalue weighted by Gasteiger charge is 2.43. The summed E-state index contributed by atoms with van der Waals surface area (Å²) in [6.07, 6.45) is 4.43. The highest BCUT2D eigenvalue weighted by molar-refractivity contribution is 5.93. The van der Waals surface area contributed by atoms with Gasteiger partial charge in [0, 0.05) is 18.6 Å². The number of carbonyl (C=O) groups excluding carboxylic acids is 1. The molecule has 0 aliphatic carbocycles. The van der Waals surface area contributed by atoms with Gasteiger partial charge in [0.25, 0.3) is 5.91 Å². The minimum absolute atomic E-state index is 0.0473. The molecule has 2 saturated heterocycles. The summed E-state index contributed by atoms with van der Waals surface area (Å²) in [4.78, 5) is 17.2.